The molecule has 1 atom stereocenters. The average molecular weight is 580 g/mol. The molecule has 0 unspecified atom stereocenters. The highest BCUT2D eigenvalue weighted by atomic mass is 16.5. The maximum absolute atomic E-state index is 14.0. The van der Waals surface area contributed by atoms with Crippen LogP contribution in [0, 0.1) is 0 Å². The highest BCUT2D eigenvalue weighted by Crippen LogP contribution is 2.33. The third kappa shape index (κ3) is 5.26. The van der Waals surface area contributed by atoms with Crippen molar-refractivity contribution in [3.05, 3.63) is 106 Å². The van der Waals surface area contributed by atoms with Crippen molar-refractivity contribution >= 4 is 23.1 Å². The Morgan fingerprint density at radius 3 is 2.44 bits per heavy atom. The molecule has 0 aliphatic carbocycles. The molecule has 1 N–H and O–H groups in total. The summed E-state index contributed by atoms with van der Waals surface area (Å²) in [4.78, 5) is 48.8. The maximum Gasteiger partial charge on any atom is 0.337 e. The number of nitrogens with zero attached hydrogens (tertiary/aromatic N) is 5. The number of carbonyl (C=O) groups is 2. The number of rotatable bonds is 7. The van der Waals surface area contributed by atoms with Gasteiger partial charge < -0.3 is 14.6 Å². The fourth-order valence-corrected chi connectivity index (χ4v) is 5.64. The number of likely N-dealkylation sites (tertiary alicyclic amines) is 1. The van der Waals surface area contributed by atoms with Crippen LogP contribution in [0.15, 0.2) is 83.9 Å². The zero-order chi connectivity index (χ0) is 30.1. The first-order valence-electron chi connectivity index (χ1n) is 13.7. The lowest BCUT2D eigenvalue weighted by molar-refractivity contribution is 0.0591. The Morgan fingerprint density at radius 2 is 1.70 bits per heavy atom. The Hall–Kier alpha value is -5.29. The summed E-state index contributed by atoms with van der Waals surface area (Å²) < 4.78 is 12.9. The molecule has 218 valence electrons. The minimum Gasteiger partial charge on any atom is -0.507 e. The Balaban J connectivity index is 1.29. The molecule has 1 aliphatic heterocycles. The van der Waals surface area contributed by atoms with Crippen molar-refractivity contribution < 1.29 is 24.2 Å². The van der Waals surface area contributed by atoms with E-state index in [2.05, 4.69) is 14.9 Å². The van der Waals surface area contributed by atoms with Crippen molar-refractivity contribution in [1.29, 1.82) is 0 Å². The zero-order valence-corrected chi connectivity index (χ0v) is 23.6. The first-order valence-corrected chi connectivity index (χ1v) is 13.7. The van der Waals surface area contributed by atoms with Crippen molar-refractivity contribution in [3.63, 3.8) is 0 Å². The molecule has 6 rings (SSSR count). The summed E-state index contributed by atoms with van der Waals surface area (Å²) in [7, 11) is 2.67. The number of benzene rings is 2. The summed E-state index contributed by atoms with van der Waals surface area (Å²) in [6.45, 7) is 1.87. The third-order valence-corrected chi connectivity index (χ3v) is 7.72. The fraction of sp³-hybridized carbons (Fsp3) is 0.219. The maximum atomic E-state index is 14.0. The van der Waals surface area contributed by atoms with Gasteiger partial charge in [0, 0.05) is 43.7 Å². The molecule has 1 aliphatic rings. The van der Waals surface area contributed by atoms with Crippen LogP contribution in [0.25, 0.3) is 28.0 Å². The number of hydrogen-bond acceptors (Lipinski definition) is 9. The molecule has 1 fully saturated rings. The molecule has 0 radical (unpaired) electrons. The molecule has 43 heavy (non-hydrogen) atoms. The molecule has 0 amide bonds. The zero-order valence-electron chi connectivity index (χ0n) is 23.6. The van der Waals surface area contributed by atoms with E-state index in [1.807, 2.05) is 6.07 Å². The summed E-state index contributed by atoms with van der Waals surface area (Å²) in [5, 5.41) is 11.0. The molecule has 1 saturated heterocycles. The van der Waals surface area contributed by atoms with Crippen LogP contribution in [0.2, 0.25) is 0 Å². The number of methoxy groups -OCH3 is 2. The monoisotopic (exact) mass is 579 g/mol. The van der Waals surface area contributed by atoms with Gasteiger partial charge in [0.25, 0.3) is 0 Å². The predicted molar refractivity (Wildman–Crippen MR) is 158 cm³/mol. The quantitative estimate of drug-likeness (QED) is 0.285. The van der Waals surface area contributed by atoms with E-state index in [9.17, 15) is 19.5 Å². The van der Waals surface area contributed by atoms with Crippen molar-refractivity contribution in [2.45, 2.75) is 19.0 Å². The Kier molecular flexibility index (Phi) is 7.47. The third-order valence-electron chi connectivity index (χ3n) is 7.72. The largest absolute Gasteiger partial charge is 0.507 e. The molecular formula is C32H29N5O6. The van der Waals surface area contributed by atoms with Crippen LogP contribution in [0.1, 0.15) is 38.9 Å². The number of esters is 2. The van der Waals surface area contributed by atoms with Crippen molar-refractivity contribution in [2.75, 3.05) is 27.3 Å². The van der Waals surface area contributed by atoms with Crippen LogP contribution in [0.5, 0.6) is 5.75 Å². The predicted octanol–water partition coefficient (Wildman–Crippen LogP) is 3.98. The van der Waals surface area contributed by atoms with E-state index in [1.54, 1.807) is 82.2 Å². The van der Waals surface area contributed by atoms with E-state index < -0.39 is 11.9 Å². The van der Waals surface area contributed by atoms with Gasteiger partial charge in [-0.1, -0.05) is 12.1 Å². The number of aromatic hydroxyl groups is 1. The Labute approximate surface area is 246 Å². The lowest BCUT2D eigenvalue weighted by Crippen LogP contribution is -2.29. The minimum absolute atomic E-state index is 0.00580. The van der Waals surface area contributed by atoms with Gasteiger partial charge in [0.1, 0.15) is 5.75 Å². The van der Waals surface area contributed by atoms with Gasteiger partial charge in [-0.3, -0.25) is 19.0 Å². The Bertz CT molecular complexity index is 1900. The average Bonchev–Trinajstić information content (AvgIpc) is 3.61. The number of pyridine rings is 2. The van der Waals surface area contributed by atoms with Crippen LogP contribution in [0.4, 0.5) is 0 Å². The second kappa shape index (κ2) is 11.5. The van der Waals surface area contributed by atoms with Gasteiger partial charge in [0.15, 0.2) is 5.65 Å². The van der Waals surface area contributed by atoms with E-state index in [0.717, 1.165) is 18.7 Å². The number of imidazole rings is 1. The van der Waals surface area contributed by atoms with Gasteiger partial charge in [-0.05, 0) is 60.5 Å². The summed E-state index contributed by atoms with van der Waals surface area (Å²) >= 11 is 0. The van der Waals surface area contributed by atoms with E-state index in [1.165, 1.54) is 14.2 Å². The molecule has 11 heteroatoms. The molecule has 2 aromatic carbocycles. The molecule has 0 spiro atoms. The second-order valence-electron chi connectivity index (χ2n) is 10.3. The van der Waals surface area contributed by atoms with Gasteiger partial charge in [0.2, 0.25) is 0 Å². The number of fused-ring (bicyclic) bond motifs is 1. The van der Waals surface area contributed by atoms with Crippen LogP contribution >= 0.6 is 0 Å². The van der Waals surface area contributed by atoms with Gasteiger partial charge in [-0.2, -0.15) is 0 Å². The van der Waals surface area contributed by atoms with Crippen molar-refractivity contribution in [2.24, 2.45) is 0 Å². The number of phenolic OH excluding ortho intramolecular Hbond substituents is 1. The molecule has 0 bridgehead atoms. The van der Waals surface area contributed by atoms with E-state index in [-0.39, 0.29) is 17.5 Å². The molecule has 4 heterocycles. The lowest BCUT2D eigenvalue weighted by Gasteiger charge is -2.16. The number of aromatic nitrogens is 4. The number of ether oxygens (including phenoxy) is 2. The second-order valence-corrected chi connectivity index (χ2v) is 10.3. The van der Waals surface area contributed by atoms with Crippen LogP contribution < -0.4 is 5.69 Å². The first-order chi connectivity index (χ1) is 20.9. The van der Waals surface area contributed by atoms with E-state index in [4.69, 9.17) is 9.47 Å². The smallest absolute Gasteiger partial charge is 0.337 e. The Morgan fingerprint density at radius 1 is 0.930 bits per heavy atom. The summed E-state index contributed by atoms with van der Waals surface area (Å²) in [5.74, 6) is -0.858. The summed E-state index contributed by atoms with van der Waals surface area (Å²) in [6.07, 6.45) is 3.99. The van der Waals surface area contributed by atoms with Crippen LogP contribution in [-0.4, -0.2) is 68.4 Å². The summed E-state index contributed by atoms with van der Waals surface area (Å²) in [5.41, 5.74) is 4.32. The standard InChI is InChI=1S/C32H29N5O6/c1-42-30(39)21-7-5-20(6-8-21)26-10-9-24(17-28(26)38)36-27-4-3-13-34-29(27)37(32(36)41)25-12-15-35(19-25)18-23-16-22(11-14-33-23)31(40)43-2/h3-11,13-14,16-17,25,38H,12,15,18-19H2,1-2H3/t25-/m0/s1. The lowest BCUT2D eigenvalue weighted by atomic mass is 10.0. The van der Waals surface area contributed by atoms with Gasteiger partial charge in [-0.15, -0.1) is 0 Å². The van der Waals surface area contributed by atoms with Gasteiger partial charge >= 0.3 is 17.6 Å². The van der Waals surface area contributed by atoms with Crippen molar-refractivity contribution in [3.8, 4) is 22.6 Å². The number of phenols is 1. The highest BCUT2D eigenvalue weighted by Gasteiger charge is 2.29. The van der Waals surface area contributed by atoms with E-state index >= 15 is 0 Å². The molecule has 0 saturated carbocycles. The SMILES string of the molecule is COC(=O)c1ccc(-c2ccc(-n3c(=O)n([C@H]4CCN(Cc5cc(C(=O)OC)ccn5)C4)c4ncccc43)cc2O)cc1. The first kappa shape index (κ1) is 27.9. The van der Waals surface area contributed by atoms with E-state index in [0.29, 0.717) is 52.2 Å². The van der Waals surface area contributed by atoms with Crippen LogP contribution in [-0.2, 0) is 16.0 Å². The molecular weight excluding hydrogens is 550 g/mol. The van der Waals surface area contributed by atoms with Gasteiger partial charge in [0.05, 0.1) is 48.3 Å². The van der Waals surface area contributed by atoms with Crippen molar-refractivity contribution in [1.82, 2.24) is 24.0 Å². The fourth-order valence-electron chi connectivity index (χ4n) is 5.64. The highest BCUT2D eigenvalue weighted by molar-refractivity contribution is 5.90. The van der Waals surface area contributed by atoms with Crippen LogP contribution in [0.3, 0.4) is 0 Å². The molecule has 3 aromatic heterocycles. The number of carbonyl (C=O) groups excluding carboxylic acids is 2. The summed E-state index contributed by atoms with van der Waals surface area (Å²) in [6, 6.07) is 18.6. The topological polar surface area (TPSA) is 129 Å². The normalized spacial score (nSPS) is 15.1. The van der Waals surface area contributed by atoms with Gasteiger partial charge in [-0.25, -0.2) is 19.4 Å². The molecule has 5 aromatic rings. The molecule has 11 nitrogen and oxygen atoms in total. The minimum atomic E-state index is -0.440. The number of hydrogen-bond donors (Lipinski definition) is 1.